The molecule has 2 amide bonds. The van der Waals surface area contributed by atoms with E-state index in [9.17, 15) is 9.59 Å². The highest BCUT2D eigenvalue weighted by Gasteiger charge is 2.50. The van der Waals surface area contributed by atoms with Gasteiger partial charge in [-0.25, -0.2) is 0 Å². The molecule has 1 aliphatic carbocycles. The van der Waals surface area contributed by atoms with Gasteiger partial charge in [0.05, 0.1) is 5.56 Å². The van der Waals surface area contributed by atoms with Crippen molar-refractivity contribution in [2.24, 2.45) is 5.41 Å². The molecule has 1 saturated heterocycles. The maximum Gasteiger partial charge on any atom is 0.252 e. The van der Waals surface area contributed by atoms with Gasteiger partial charge in [0.15, 0.2) is 0 Å². The minimum atomic E-state index is -0.0808. The van der Waals surface area contributed by atoms with Crippen LogP contribution in [-0.2, 0) is 11.3 Å². The van der Waals surface area contributed by atoms with Crippen molar-refractivity contribution >= 4 is 11.8 Å². The predicted molar refractivity (Wildman–Crippen MR) is 108 cm³/mol. The van der Waals surface area contributed by atoms with Crippen LogP contribution in [0, 0.1) is 12.3 Å². The molecule has 0 spiro atoms. The van der Waals surface area contributed by atoms with Crippen molar-refractivity contribution in [1.29, 1.82) is 0 Å². The normalized spacial score (nSPS) is 24.1. The number of amides is 2. The van der Waals surface area contributed by atoms with Crippen molar-refractivity contribution in [3.05, 3.63) is 65.5 Å². The third kappa shape index (κ3) is 3.66. The molecule has 1 N–H and O–H groups in total. The molecule has 1 aliphatic heterocycles. The standard InChI is InChI=1S/C23H27N3O2/c1-17-12-19(14-24-13-17)22(28)25-16-23-10-5-8-20(23)26(21(27)9-11-23)15-18-6-3-2-4-7-18/h2-4,6-7,12-14,20H,5,8-11,15-16H2,1H3,(H,25,28)/t20-,23+/m1/s1. The molecule has 0 unspecified atom stereocenters. The monoisotopic (exact) mass is 377 g/mol. The fraction of sp³-hybridized carbons (Fsp3) is 0.435. The second-order valence-corrected chi connectivity index (χ2v) is 8.21. The Bertz CT molecular complexity index is 867. The first kappa shape index (κ1) is 18.7. The molecular weight excluding hydrogens is 350 g/mol. The largest absolute Gasteiger partial charge is 0.351 e. The topological polar surface area (TPSA) is 62.3 Å². The van der Waals surface area contributed by atoms with Crippen molar-refractivity contribution in [3.8, 4) is 0 Å². The summed E-state index contributed by atoms with van der Waals surface area (Å²) in [6.45, 7) is 3.20. The van der Waals surface area contributed by atoms with Gasteiger partial charge in [-0.15, -0.1) is 0 Å². The predicted octanol–water partition coefficient (Wildman–Crippen LogP) is 3.48. The van der Waals surface area contributed by atoms with Gasteiger partial charge in [0.25, 0.3) is 5.91 Å². The molecule has 0 radical (unpaired) electrons. The molecule has 2 fully saturated rings. The lowest BCUT2D eigenvalue weighted by Gasteiger charge is -2.46. The van der Waals surface area contributed by atoms with Crippen molar-refractivity contribution < 1.29 is 9.59 Å². The van der Waals surface area contributed by atoms with Gasteiger partial charge in [0.2, 0.25) is 5.91 Å². The van der Waals surface area contributed by atoms with Crippen LogP contribution in [0.1, 0.15) is 53.6 Å². The maximum atomic E-state index is 12.7. The van der Waals surface area contributed by atoms with E-state index in [0.29, 0.717) is 25.1 Å². The highest BCUT2D eigenvalue weighted by Crippen LogP contribution is 2.48. The van der Waals surface area contributed by atoms with Crippen LogP contribution >= 0.6 is 0 Å². The summed E-state index contributed by atoms with van der Waals surface area (Å²) in [7, 11) is 0. The highest BCUT2D eigenvalue weighted by atomic mass is 16.2. The summed E-state index contributed by atoms with van der Waals surface area (Å²) >= 11 is 0. The van der Waals surface area contributed by atoms with E-state index in [1.54, 1.807) is 12.4 Å². The number of fused-ring (bicyclic) bond motifs is 1. The number of aryl methyl sites for hydroxylation is 1. The van der Waals surface area contributed by atoms with Crippen LogP contribution in [-0.4, -0.2) is 34.3 Å². The average Bonchev–Trinajstić information content (AvgIpc) is 3.14. The first-order valence-corrected chi connectivity index (χ1v) is 10.1. The fourth-order valence-corrected chi connectivity index (χ4v) is 4.88. The number of pyridine rings is 1. The Hall–Kier alpha value is -2.69. The summed E-state index contributed by atoms with van der Waals surface area (Å²) < 4.78 is 0. The number of carbonyl (C=O) groups is 2. The summed E-state index contributed by atoms with van der Waals surface area (Å²) in [4.78, 5) is 31.5. The minimum Gasteiger partial charge on any atom is -0.351 e. The quantitative estimate of drug-likeness (QED) is 0.868. The highest BCUT2D eigenvalue weighted by molar-refractivity contribution is 5.94. The first-order valence-electron chi connectivity index (χ1n) is 10.1. The molecule has 2 atom stereocenters. The molecule has 0 bridgehead atoms. The van der Waals surface area contributed by atoms with E-state index < -0.39 is 0 Å². The lowest BCUT2D eigenvalue weighted by molar-refractivity contribution is -0.142. The molecule has 2 aliphatic rings. The van der Waals surface area contributed by atoms with Gasteiger partial charge in [-0.2, -0.15) is 0 Å². The van der Waals surface area contributed by atoms with Gasteiger partial charge in [-0.1, -0.05) is 36.8 Å². The van der Waals surface area contributed by atoms with Crippen LogP contribution in [0.2, 0.25) is 0 Å². The van der Waals surface area contributed by atoms with Gasteiger partial charge < -0.3 is 10.2 Å². The number of benzene rings is 1. The van der Waals surface area contributed by atoms with Crippen LogP contribution in [0.3, 0.4) is 0 Å². The molecular formula is C23H27N3O2. The minimum absolute atomic E-state index is 0.0183. The summed E-state index contributed by atoms with van der Waals surface area (Å²) in [6, 6.07) is 12.2. The van der Waals surface area contributed by atoms with E-state index in [1.807, 2.05) is 31.2 Å². The van der Waals surface area contributed by atoms with Gasteiger partial charge in [-0.3, -0.25) is 14.6 Å². The van der Waals surface area contributed by atoms with Gasteiger partial charge in [0, 0.05) is 43.4 Å². The number of likely N-dealkylation sites (tertiary alicyclic amines) is 1. The molecule has 5 heteroatoms. The van der Waals surface area contributed by atoms with Crippen molar-refractivity contribution in [2.75, 3.05) is 6.54 Å². The summed E-state index contributed by atoms with van der Waals surface area (Å²) in [6.07, 6.45) is 7.95. The fourth-order valence-electron chi connectivity index (χ4n) is 4.88. The number of piperidine rings is 1. The van der Waals surface area contributed by atoms with Crippen LogP contribution < -0.4 is 5.32 Å². The molecule has 4 rings (SSSR count). The van der Waals surface area contributed by atoms with Crippen LogP contribution in [0.25, 0.3) is 0 Å². The SMILES string of the molecule is Cc1cncc(C(=O)NC[C@@]23CCC[C@H]2N(Cc2ccccc2)C(=O)CC3)c1. The Morgan fingerprint density at radius 2 is 2.07 bits per heavy atom. The van der Waals surface area contributed by atoms with Crippen molar-refractivity contribution in [1.82, 2.24) is 15.2 Å². The number of carbonyl (C=O) groups excluding carboxylic acids is 2. The average molecular weight is 377 g/mol. The number of hydrogen-bond donors (Lipinski definition) is 1. The molecule has 2 aromatic rings. The number of hydrogen-bond acceptors (Lipinski definition) is 3. The summed E-state index contributed by atoms with van der Waals surface area (Å²) in [5.41, 5.74) is 2.71. The van der Waals surface area contributed by atoms with Crippen LogP contribution in [0.15, 0.2) is 48.8 Å². The van der Waals surface area contributed by atoms with Gasteiger partial charge >= 0.3 is 0 Å². The van der Waals surface area contributed by atoms with Gasteiger partial charge in [-0.05, 0) is 43.4 Å². The zero-order valence-electron chi connectivity index (χ0n) is 16.4. The van der Waals surface area contributed by atoms with Gasteiger partial charge in [0.1, 0.15) is 0 Å². The van der Waals surface area contributed by atoms with E-state index in [4.69, 9.17) is 0 Å². The Kier molecular flexibility index (Phi) is 5.16. The Morgan fingerprint density at radius 3 is 2.86 bits per heavy atom. The van der Waals surface area contributed by atoms with Crippen molar-refractivity contribution in [3.63, 3.8) is 0 Å². The summed E-state index contributed by atoms with van der Waals surface area (Å²) in [5, 5.41) is 3.14. The smallest absolute Gasteiger partial charge is 0.252 e. The van der Waals surface area contributed by atoms with E-state index in [0.717, 1.165) is 36.8 Å². The molecule has 1 saturated carbocycles. The molecule has 146 valence electrons. The Morgan fingerprint density at radius 1 is 1.25 bits per heavy atom. The second-order valence-electron chi connectivity index (χ2n) is 8.21. The maximum absolute atomic E-state index is 12.7. The number of nitrogens with one attached hydrogen (secondary N) is 1. The van der Waals surface area contributed by atoms with E-state index in [-0.39, 0.29) is 23.3 Å². The second kappa shape index (κ2) is 7.74. The third-order valence-corrected chi connectivity index (χ3v) is 6.33. The van der Waals surface area contributed by atoms with E-state index >= 15 is 0 Å². The number of nitrogens with zero attached hydrogens (tertiary/aromatic N) is 2. The zero-order chi connectivity index (χ0) is 19.6. The molecule has 1 aromatic carbocycles. The Labute approximate surface area is 166 Å². The van der Waals surface area contributed by atoms with E-state index in [1.165, 1.54) is 0 Å². The lowest BCUT2D eigenvalue weighted by atomic mass is 9.74. The van der Waals surface area contributed by atoms with E-state index in [2.05, 4.69) is 27.3 Å². The Balaban J connectivity index is 1.49. The third-order valence-electron chi connectivity index (χ3n) is 6.33. The molecule has 28 heavy (non-hydrogen) atoms. The zero-order valence-corrected chi connectivity index (χ0v) is 16.4. The lowest BCUT2D eigenvalue weighted by Crippen LogP contribution is -2.55. The van der Waals surface area contributed by atoms with Crippen LogP contribution in [0.5, 0.6) is 0 Å². The molecule has 2 heterocycles. The number of rotatable bonds is 5. The van der Waals surface area contributed by atoms with Crippen LogP contribution in [0.4, 0.5) is 0 Å². The molecule has 1 aromatic heterocycles. The first-order chi connectivity index (χ1) is 13.6. The summed E-state index contributed by atoms with van der Waals surface area (Å²) in [5.74, 6) is 0.156. The van der Waals surface area contributed by atoms with Crippen molar-refractivity contribution in [2.45, 2.75) is 51.6 Å². The molecule has 5 nitrogen and oxygen atoms in total. The number of aromatic nitrogens is 1.